The van der Waals surface area contributed by atoms with Gasteiger partial charge in [0.15, 0.2) is 0 Å². The number of phenolic OH excluding ortho intramolecular Hbond substituents is 1. The van der Waals surface area contributed by atoms with E-state index in [9.17, 15) is 14.7 Å². The van der Waals surface area contributed by atoms with Crippen LogP contribution < -0.4 is 10.6 Å². The number of rotatable bonds is 4. The molecule has 0 radical (unpaired) electrons. The highest BCUT2D eigenvalue weighted by Crippen LogP contribution is 2.47. The molecule has 0 fully saturated rings. The Morgan fingerprint density at radius 3 is 2.24 bits per heavy atom. The number of phenols is 1. The van der Waals surface area contributed by atoms with Gasteiger partial charge < -0.3 is 5.11 Å². The first kappa shape index (κ1) is 23.0. The quantitative estimate of drug-likeness (QED) is 0.439. The summed E-state index contributed by atoms with van der Waals surface area (Å²) in [5.41, 5.74) is 4.71. The highest BCUT2D eigenvalue weighted by atomic mass is 16.3. The Balaban J connectivity index is 1.65. The predicted octanol–water partition coefficient (Wildman–Crippen LogP) is 4.92. The van der Waals surface area contributed by atoms with Gasteiger partial charge in [-0.2, -0.15) is 10.1 Å². The molecule has 4 aromatic rings. The smallest absolute Gasteiger partial charge is 0.285 e. The van der Waals surface area contributed by atoms with E-state index in [-0.39, 0.29) is 17.2 Å². The number of amides is 1. The molecule has 1 aromatic heterocycles. The van der Waals surface area contributed by atoms with Crippen molar-refractivity contribution in [1.82, 2.24) is 9.36 Å². The number of para-hydroxylation sites is 1. The van der Waals surface area contributed by atoms with Crippen LogP contribution in [0.15, 0.2) is 76.6 Å². The molecule has 0 saturated heterocycles. The minimum Gasteiger partial charge on any atom is -0.507 e. The molecular formula is C30H28N4O3. The molecule has 1 amide bonds. The molecule has 186 valence electrons. The molecular weight excluding hydrogens is 464 g/mol. The summed E-state index contributed by atoms with van der Waals surface area (Å²) in [7, 11) is 0. The van der Waals surface area contributed by atoms with Crippen molar-refractivity contribution < 1.29 is 9.90 Å². The van der Waals surface area contributed by atoms with E-state index in [0.717, 1.165) is 24.0 Å². The minimum atomic E-state index is -1.31. The lowest BCUT2D eigenvalue weighted by Crippen LogP contribution is -2.48. The summed E-state index contributed by atoms with van der Waals surface area (Å²) in [6.07, 6.45) is 1.69. The van der Waals surface area contributed by atoms with E-state index >= 15 is 0 Å². The molecule has 2 aliphatic rings. The fourth-order valence-corrected chi connectivity index (χ4v) is 5.79. The molecule has 0 aliphatic carbocycles. The van der Waals surface area contributed by atoms with E-state index in [0.29, 0.717) is 33.9 Å². The highest BCUT2D eigenvalue weighted by molar-refractivity contribution is 6.23. The number of nitrogens with zero attached hydrogens (tertiary/aromatic N) is 4. The molecule has 37 heavy (non-hydrogen) atoms. The first-order valence-corrected chi connectivity index (χ1v) is 12.6. The zero-order valence-electron chi connectivity index (χ0n) is 21.3. The molecule has 0 bridgehead atoms. The van der Waals surface area contributed by atoms with Gasteiger partial charge in [-0.1, -0.05) is 56.3 Å². The number of aromatic nitrogens is 2. The van der Waals surface area contributed by atoms with Crippen molar-refractivity contribution in [2.75, 3.05) is 5.01 Å². The summed E-state index contributed by atoms with van der Waals surface area (Å²) in [5.74, 6) is -0.221. The van der Waals surface area contributed by atoms with Crippen molar-refractivity contribution in [3.63, 3.8) is 0 Å². The third kappa shape index (κ3) is 2.91. The van der Waals surface area contributed by atoms with Crippen LogP contribution in [0.25, 0.3) is 16.8 Å². The molecule has 3 heterocycles. The largest absolute Gasteiger partial charge is 0.507 e. The maximum Gasteiger partial charge on any atom is 0.285 e. The van der Waals surface area contributed by atoms with Crippen LogP contribution in [0.2, 0.25) is 0 Å². The number of fused-ring (bicyclic) bond motifs is 5. The zero-order valence-corrected chi connectivity index (χ0v) is 21.3. The zero-order chi connectivity index (χ0) is 26.1. The molecule has 7 heteroatoms. The molecule has 1 N–H and O–H groups in total. The van der Waals surface area contributed by atoms with Crippen LogP contribution in [0.1, 0.15) is 43.2 Å². The van der Waals surface area contributed by atoms with Crippen LogP contribution >= 0.6 is 0 Å². The van der Waals surface area contributed by atoms with Gasteiger partial charge in [-0.3, -0.25) is 14.3 Å². The molecule has 1 unspecified atom stereocenters. The number of aromatic hydroxyl groups is 1. The molecule has 1 spiro atoms. The van der Waals surface area contributed by atoms with E-state index in [1.165, 1.54) is 10.6 Å². The number of benzene rings is 3. The second-order valence-corrected chi connectivity index (χ2v) is 9.64. The predicted molar refractivity (Wildman–Crippen MR) is 145 cm³/mol. The fraction of sp³-hybridized carbons (Fsp3) is 0.233. The SMILES string of the molecule is CCc1ccc(N2N=C(C)C3(C2=O)c2cc(CC)ccc2-n2c(=O)c(-c4ccccc4O)c(C)n23)cc1. The van der Waals surface area contributed by atoms with Gasteiger partial charge in [-0.15, -0.1) is 0 Å². The fourth-order valence-electron chi connectivity index (χ4n) is 5.79. The summed E-state index contributed by atoms with van der Waals surface area (Å²) >= 11 is 0. The third-order valence-corrected chi connectivity index (χ3v) is 7.73. The van der Waals surface area contributed by atoms with Gasteiger partial charge >= 0.3 is 0 Å². The Labute approximate surface area is 214 Å². The molecule has 0 saturated carbocycles. The van der Waals surface area contributed by atoms with Crippen LogP contribution in [0.4, 0.5) is 5.69 Å². The molecule has 2 aliphatic heterocycles. The Morgan fingerprint density at radius 2 is 1.57 bits per heavy atom. The lowest BCUT2D eigenvalue weighted by atomic mass is 9.83. The monoisotopic (exact) mass is 492 g/mol. The summed E-state index contributed by atoms with van der Waals surface area (Å²) in [6, 6.07) is 20.5. The normalized spacial score (nSPS) is 17.9. The van der Waals surface area contributed by atoms with Crippen molar-refractivity contribution in [2.45, 2.75) is 46.1 Å². The first-order chi connectivity index (χ1) is 17.8. The van der Waals surface area contributed by atoms with Crippen LogP contribution in [0, 0.1) is 6.92 Å². The molecule has 6 rings (SSSR count). The number of hydrazone groups is 1. The Morgan fingerprint density at radius 1 is 0.892 bits per heavy atom. The van der Waals surface area contributed by atoms with Crippen molar-refractivity contribution in [1.29, 1.82) is 0 Å². The van der Waals surface area contributed by atoms with E-state index in [1.807, 2.05) is 56.3 Å². The average Bonchev–Trinajstić information content (AvgIpc) is 3.47. The van der Waals surface area contributed by atoms with Crippen LogP contribution in [0.5, 0.6) is 5.75 Å². The number of anilines is 1. The Hall–Kier alpha value is -4.39. The molecule has 7 nitrogen and oxygen atoms in total. The van der Waals surface area contributed by atoms with E-state index in [4.69, 9.17) is 5.10 Å². The number of carbonyl (C=O) groups is 1. The number of carbonyl (C=O) groups excluding carboxylic acids is 1. The van der Waals surface area contributed by atoms with Gasteiger partial charge in [-0.05, 0) is 62.1 Å². The van der Waals surface area contributed by atoms with Crippen molar-refractivity contribution in [3.8, 4) is 22.6 Å². The van der Waals surface area contributed by atoms with Gasteiger partial charge in [-0.25, -0.2) is 4.68 Å². The summed E-state index contributed by atoms with van der Waals surface area (Å²) < 4.78 is 3.36. The Kier molecular flexibility index (Phi) is 5.02. The van der Waals surface area contributed by atoms with Crippen LogP contribution in [0.3, 0.4) is 0 Å². The maximum atomic E-state index is 14.5. The van der Waals surface area contributed by atoms with Gasteiger partial charge in [0.2, 0.25) is 5.54 Å². The lowest BCUT2D eigenvalue weighted by Gasteiger charge is -2.28. The summed E-state index contributed by atoms with van der Waals surface area (Å²) in [6.45, 7) is 7.83. The number of aryl methyl sites for hydroxylation is 2. The van der Waals surface area contributed by atoms with Crippen LogP contribution in [-0.2, 0) is 23.2 Å². The molecule has 1 atom stereocenters. The summed E-state index contributed by atoms with van der Waals surface area (Å²) in [4.78, 5) is 28.5. The number of hydrogen-bond acceptors (Lipinski definition) is 4. The number of hydrogen-bond donors (Lipinski definition) is 1. The van der Waals surface area contributed by atoms with Crippen molar-refractivity contribution >= 4 is 17.3 Å². The second-order valence-electron chi connectivity index (χ2n) is 9.64. The topological polar surface area (TPSA) is 79.8 Å². The minimum absolute atomic E-state index is 0.0176. The average molecular weight is 493 g/mol. The highest BCUT2D eigenvalue weighted by Gasteiger charge is 2.59. The lowest BCUT2D eigenvalue weighted by molar-refractivity contribution is -0.122. The van der Waals surface area contributed by atoms with Gasteiger partial charge in [0.05, 0.1) is 22.6 Å². The maximum absolute atomic E-state index is 14.5. The van der Waals surface area contributed by atoms with Gasteiger partial charge in [0, 0.05) is 16.8 Å². The van der Waals surface area contributed by atoms with Crippen molar-refractivity contribution in [2.24, 2.45) is 5.10 Å². The van der Waals surface area contributed by atoms with E-state index in [1.54, 1.807) is 33.6 Å². The van der Waals surface area contributed by atoms with Crippen LogP contribution in [-0.4, -0.2) is 26.1 Å². The first-order valence-electron chi connectivity index (χ1n) is 12.6. The standard InChI is InChI=1S/C30H28N4O3/c1-5-20-11-14-22(15-12-20)32-29(37)30(19(4)31-32)24-17-21(6-2)13-16-25(24)33-28(36)27(18(3)34(30)33)23-9-7-8-10-26(23)35/h7-17,35H,5-6H2,1-4H3. The van der Waals surface area contributed by atoms with E-state index in [2.05, 4.69) is 13.8 Å². The van der Waals surface area contributed by atoms with E-state index < -0.39 is 5.54 Å². The second kappa shape index (κ2) is 8.06. The third-order valence-electron chi connectivity index (χ3n) is 7.73. The van der Waals surface area contributed by atoms with Crippen molar-refractivity contribution in [3.05, 3.63) is 99.5 Å². The summed E-state index contributed by atoms with van der Waals surface area (Å²) in [5, 5.41) is 16.8. The van der Waals surface area contributed by atoms with Gasteiger partial charge in [0.25, 0.3) is 11.5 Å². The Bertz CT molecular complexity index is 1680. The van der Waals surface area contributed by atoms with Gasteiger partial charge in [0.1, 0.15) is 5.75 Å². The molecule has 3 aromatic carbocycles.